The van der Waals surface area contributed by atoms with Gasteiger partial charge in [-0.25, -0.2) is 9.78 Å². The van der Waals surface area contributed by atoms with E-state index in [-0.39, 0.29) is 5.56 Å². The average molecular weight is 332 g/mol. The van der Waals surface area contributed by atoms with Crippen LogP contribution in [0.25, 0.3) is 11.1 Å². The zero-order chi connectivity index (χ0) is 14.1. The van der Waals surface area contributed by atoms with E-state index in [0.717, 1.165) is 10.0 Å². The summed E-state index contributed by atoms with van der Waals surface area (Å²) in [5.74, 6) is -0.405. The quantitative estimate of drug-likeness (QED) is 0.791. The van der Waals surface area contributed by atoms with Crippen LogP contribution in [0.1, 0.15) is 21.8 Å². The minimum atomic E-state index is -0.975. The molecule has 0 aliphatic carbocycles. The van der Waals surface area contributed by atoms with Crippen LogP contribution >= 0.6 is 15.9 Å². The van der Waals surface area contributed by atoms with Crippen LogP contribution < -0.4 is 0 Å². The highest BCUT2D eigenvalue weighted by molar-refractivity contribution is 9.10. The van der Waals surface area contributed by atoms with Gasteiger partial charge in [-0.3, -0.25) is 0 Å². The molecule has 0 aliphatic rings. The molecule has 100 valence electrons. The number of fused-ring (bicyclic) bond motifs is 1. The van der Waals surface area contributed by atoms with Crippen LogP contribution in [0.5, 0.6) is 0 Å². The summed E-state index contributed by atoms with van der Waals surface area (Å²) < 4.78 is 6.61. The number of benzene rings is 2. The van der Waals surface area contributed by atoms with Gasteiger partial charge in [0.15, 0.2) is 11.5 Å². The predicted molar refractivity (Wildman–Crippen MR) is 77.9 cm³/mol. The van der Waals surface area contributed by atoms with Crippen molar-refractivity contribution in [2.45, 2.75) is 6.42 Å². The number of oxazole rings is 1. The van der Waals surface area contributed by atoms with E-state index in [2.05, 4.69) is 20.9 Å². The first kappa shape index (κ1) is 12.9. The molecule has 0 saturated carbocycles. The second kappa shape index (κ2) is 5.09. The number of nitrogens with zero attached hydrogens (tertiary/aromatic N) is 1. The van der Waals surface area contributed by atoms with Crippen LogP contribution in [0.15, 0.2) is 51.4 Å². The third-order valence-electron chi connectivity index (χ3n) is 2.92. The number of carboxylic acid groups (broad SMARTS) is 1. The van der Waals surface area contributed by atoms with E-state index < -0.39 is 5.97 Å². The summed E-state index contributed by atoms with van der Waals surface area (Å²) in [6, 6.07) is 12.6. The molecule has 0 bridgehead atoms. The zero-order valence-corrected chi connectivity index (χ0v) is 11.9. The second-order valence-corrected chi connectivity index (χ2v) is 5.32. The van der Waals surface area contributed by atoms with Crippen LogP contribution in [0.3, 0.4) is 0 Å². The minimum absolute atomic E-state index is 0.197. The Morgan fingerprint density at radius 3 is 2.85 bits per heavy atom. The van der Waals surface area contributed by atoms with Gasteiger partial charge in [-0.2, -0.15) is 0 Å². The number of aromatic nitrogens is 1. The highest BCUT2D eigenvalue weighted by atomic mass is 79.9. The van der Waals surface area contributed by atoms with Gasteiger partial charge in [0.25, 0.3) is 0 Å². The van der Waals surface area contributed by atoms with E-state index in [9.17, 15) is 4.79 Å². The summed E-state index contributed by atoms with van der Waals surface area (Å²) >= 11 is 3.42. The van der Waals surface area contributed by atoms with Gasteiger partial charge in [-0.15, -0.1) is 0 Å². The third-order valence-corrected chi connectivity index (χ3v) is 3.42. The van der Waals surface area contributed by atoms with Gasteiger partial charge in [0.05, 0.1) is 5.56 Å². The second-order valence-electron chi connectivity index (χ2n) is 4.40. The molecule has 5 heteroatoms. The van der Waals surface area contributed by atoms with E-state index in [1.54, 1.807) is 6.07 Å². The van der Waals surface area contributed by atoms with Gasteiger partial charge < -0.3 is 9.52 Å². The molecular formula is C15H10BrNO3. The van der Waals surface area contributed by atoms with E-state index in [1.165, 1.54) is 12.1 Å². The monoisotopic (exact) mass is 331 g/mol. The van der Waals surface area contributed by atoms with Crippen molar-refractivity contribution >= 4 is 33.0 Å². The molecule has 3 aromatic rings. The maximum absolute atomic E-state index is 10.9. The van der Waals surface area contributed by atoms with Crippen molar-refractivity contribution in [3.8, 4) is 0 Å². The van der Waals surface area contributed by atoms with Crippen molar-refractivity contribution in [1.82, 2.24) is 4.98 Å². The van der Waals surface area contributed by atoms with Crippen molar-refractivity contribution in [2.75, 3.05) is 0 Å². The molecular weight excluding hydrogens is 322 g/mol. The summed E-state index contributed by atoms with van der Waals surface area (Å²) in [5, 5.41) is 8.95. The van der Waals surface area contributed by atoms with Crippen LogP contribution in [-0.4, -0.2) is 16.1 Å². The van der Waals surface area contributed by atoms with Crippen LogP contribution in [0.4, 0.5) is 0 Å². The Hall–Kier alpha value is -2.14. The van der Waals surface area contributed by atoms with Gasteiger partial charge in [0.2, 0.25) is 0 Å². The number of hydrogen-bond acceptors (Lipinski definition) is 3. The Labute approximate surface area is 123 Å². The first-order chi connectivity index (χ1) is 9.61. The van der Waals surface area contributed by atoms with Crippen molar-refractivity contribution in [2.24, 2.45) is 0 Å². The maximum Gasteiger partial charge on any atom is 0.335 e. The van der Waals surface area contributed by atoms with Crippen LogP contribution in [-0.2, 0) is 6.42 Å². The van der Waals surface area contributed by atoms with Gasteiger partial charge in [-0.1, -0.05) is 28.1 Å². The molecule has 2 aromatic carbocycles. The van der Waals surface area contributed by atoms with E-state index in [0.29, 0.717) is 23.4 Å². The third kappa shape index (κ3) is 2.58. The van der Waals surface area contributed by atoms with Gasteiger partial charge >= 0.3 is 5.97 Å². The average Bonchev–Trinajstić information content (AvgIpc) is 2.79. The SMILES string of the molecule is O=C(O)c1ccc2nc(Cc3cccc(Br)c3)oc2c1. The predicted octanol–water partition coefficient (Wildman–Crippen LogP) is 3.88. The molecule has 20 heavy (non-hydrogen) atoms. The Balaban J connectivity index is 1.95. The molecule has 0 radical (unpaired) electrons. The summed E-state index contributed by atoms with van der Waals surface area (Å²) in [5.41, 5.74) is 2.43. The molecule has 3 rings (SSSR count). The number of halogens is 1. The normalized spacial score (nSPS) is 10.8. The fraction of sp³-hybridized carbons (Fsp3) is 0.0667. The summed E-state index contributed by atoms with van der Waals surface area (Å²) in [4.78, 5) is 15.3. The summed E-state index contributed by atoms with van der Waals surface area (Å²) in [7, 11) is 0. The first-order valence-electron chi connectivity index (χ1n) is 5.99. The topological polar surface area (TPSA) is 63.3 Å². The number of rotatable bonds is 3. The summed E-state index contributed by atoms with van der Waals surface area (Å²) in [6.07, 6.45) is 0.566. The molecule has 1 aromatic heterocycles. The zero-order valence-electron chi connectivity index (χ0n) is 10.3. The Bertz CT molecular complexity index is 795. The maximum atomic E-state index is 10.9. The van der Waals surface area contributed by atoms with Crippen molar-refractivity contribution in [3.63, 3.8) is 0 Å². The molecule has 0 aliphatic heterocycles. The highest BCUT2D eigenvalue weighted by Crippen LogP contribution is 2.20. The molecule has 4 nitrogen and oxygen atoms in total. The lowest BCUT2D eigenvalue weighted by atomic mass is 10.1. The summed E-state index contributed by atoms with van der Waals surface area (Å²) in [6.45, 7) is 0. The molecule has 0 saturated heterocycles. The highest BCUT2D eigenvalue weighted by Gasteiger charge is 2.10. The number of aromatic carboxylic acids is 1. The van der Waals surface area contributed by atoms with E-state index >= 15 is 0 Å². The molecule has 1 heterocycles. The lowest BCUT2D eigenvalue weighted by molar-refractivity contribution is 0.0697. The first-order valence-corrected chi connectivity index (χ1v) is 6.78. The Kier molecular flexibility index (Phi) is 3.28. The lowest BCUT2D eigenvalue weighted by Gasteiger charge is -1.97. The van der Waals surface area contributed by atoms with Crippen LogP contribution in [0, 0.1) is 0 Å². The molecule has 0 amide bonds. The van der Waals surface area contributed by atoms with Crippen molar-refractivity contribution in [3.05, 3.63) is 64.0 Å². The standard InChI is InChI=1S/C15H10BrNO3/c16-11-3-1-2-9(6-11)7-14-17-12-5-4-10(15(18)19)8-13(12)20-14/h1-6,8H,7H2,(H,18,19). The smallest absolute Gasteiger partial charge is 0.335 e. The molecule has 0 spiro atoms. The molecule has 0 atom stereocenters. The molecule has 1 N–H and O–H groups in total. The Morgan fingerprint density at radius 1 is 1.25 bits per heavy atom. The molecule has 0 fully saturated rings. The fourth-order valence-corrected chi connectivity index (χ4v) is 2.45. The fourth-order valence-electron chi connectivity index (χ4n) is 2.00. The number of hydrogen-bond donors (Lipinski definition) is 1. The Morgan fingerprint density at radius 2 is 2.10 bits per heavy atom. The largest absolute Gasteiger partial charge is 0.478 e. The van der Waals surface area contributed by atoms with Gasteiger partial charge in [0, 0.05) is 10.9 Å². The van der Waals surface area contributed by atoms with Gasteiger partial charge in [-0.05, 0) is 35.9 Å². The van der Waals surface area contributed by atoms with E-state index in [1.807, 2.05) is 24.3 Å². The van der Waals surface area contributed by atoms with E-state index in [4.69, 9.17) is 9.52 Å². The van der Waals surface area contributed by atoms with Crippen molar-refractivity contribution in [1.29, 1.82) is 0 Å². The van der Waals surface area contributed by atoms with Crippen molar-refractivity contribution < 1.29 is 14.3 Å². The molecule has 0 unspecified atom stereocenters. The van der Waals surface area contributed by atoms with Crippen LogP contribution in [0.2, 0.25) is 0 Å². The minimum Gasteiger partial charge on any atom is -0.478 e. The van der Waals surface area contributed by atoms with Gasteiger partial charge in [0.1, 0.15) is 5.52 Å². The number of carbonyl (C=O) groups is 1. The number of carboxylic acids is 1. The lowest BCUT2D eigenvalue weighted by Crippen LogP contribution is -1.94.